The molecule has 3 nitrogen and oxygen atoms in total. The van der Waals surface area contributed by atoms with Gasteiger partial charge in [-0.2, -0.15) is 0 Å². The number of benzene rings is 1. The Labute approximate surface area is 107 Å². The second-order valence-corrected chi connectivity index (χ2v) is 4.52. The molecule has 94 valence electrons. The summed E-state index contributed by atoms with van der Waals surface area (Å²) < 4.78 is 1.64. The lowest BCUT2D eigenvalue weighted by Gasteiger charge is -2.08. The summed E-state index contributed by atoms with van der Waals surface area (Å²) in [5.74, 6) is 0. The van der Waals surface area contributed by atoms with Crippen molar-refractivity contribution in [3.05, 3.63) is 63.6 Å². The Morgan fingerprint density at radius 1 is 1.11 bits per heavy atom. The molecule has 0 radical (unpaired) electrons. The quantitative estimate of drug-likeness (QED) is 0.898. The molecule has 1 heterocycles. The summed E-state index contributed by atoms with van der Waals surface area (Å²) >= 11 is 0. The number of nitrogens with zero attached hydrogens (tertiary/aromatic N) is 1. The molecule has 0 atom stereocenters. The molecule has 0 saturated carbocycles. The third kappa shape index (κ3) is 2.45. The molecule has 1 aromatic carbocycles. The van der Waals surface area contributed by atoms with Gasteiger partial charge in [-0.1, -0.05) is 31.2 Å². The van der Waals surface area contributed by atoms with Gasteiger partial charge in [0.2, 0.25) is 0 Å². The molecule has 2 aromatic rings. The molecule has 3 heteroatoms. The van der Waals surface area contributed by atoms with Crippen molar-refractivity contribution in [2.24, 2.45) is 0 Å². The van der Waals surface area contributed by atoms with Crippen LogP contribution < -0.4 is 11.3 Å². The summed E-state index contributed by atoms with van der Waals surface area (Å²) in [7, 11) is 0. The molecule has 0 fully saturated rings. The molecule has 0 aliphatic carbocycles. The molecular formula is C15H18N2O. The van der Waals surface area contributed by atoms with E-state index < -0.39 is 0 Å². The van der Waals surface area contributed by atoms with E-state index in [1.54, 1.807) is 10.8 Å². The van der Waals surface area contributed by atoms with E-state index in [0.717, 1.165) is 17.5 Å². The van der Waals surface area contributed by atoms with E-state index >= 15 is 0 Å². The summed E-state index contributed by atoms with van der Waals surface area (Å²) in [5.41, 5.74) is 9.21. The minimum atomic E-state index is -0.116. The largest absolute Gasteiger partial charge is 0.394 e. The van der Waals surface area contributed by atoms with E-state index in [1.165, 1.54) is 5.56 Å². The van der Waals surface area contributed by atoms with E-state index in [0.29, 0.717) is 12.2 Å². The third-order valence-corrected chi connectivity index (χ3v) is 3.20. The molecule has 2 rings (SSSR count). The van der Waals surface area contributed by atoms with E-state index in [9.17, 15) is 4.79 Å². The summed E-state index contributed by atoms with van der Waals surface area (Å²) in [6.07, 6.45) is 2.82. The number of nitrogen functional groups attached to an aromatic ring is 1. The van der Waals surface area contributed by atoms with Crippen molar-refractivity contribution in [2.75, 3.05) is 5.73 Å². The number of nitrogens with two attached hydrogens (primary N) is 1. The van der Waals surface area contributed by atoms with Crippen LogP contribution in [0, 0.1) is 6.92 Å². The van der Waals surface area contributed by atoms with Crippen LogP contribution in [0.1, 0.15) is 23.6 Å². The molecule has 0 spiro atoms. The summed E-state index contributed by atoms with van der Waals surface area (Å²) in [4.78, 5) is 12.0. The Bertz CT molecular complexity index is 597. The smallest absolute Gasteiger partial charge is 0.274 e. The van der Waals surface area contributed by atoms with Crippen LogP contribution in [0.5, 0.6) is 0 Å². The van der Waals surface area contributed by atoms with Gasteiger partial charge in [-0.05, 0) is 36.1 Å². The van der Waals surface area contributed by atoms with Crippen LogP contribution in [-0.4, -0.2) is 4.57 Å². The highest BCUT2D eigenvalue weighted by atomic mass is 16.1. The maximum Gasteiger partial charge on any atom is 0.274 e. The van der Waals surface area contributed by atoms with Crippen LogP contribution in [0.15, 0.2) is 41.3 Å². The molecule has 0 bridgehead atoms. The van der Waals surface area contributed by atoms with Gasteiger partial charge in [0.05, 0.1) is 6.54 Å². The lowest BCUT2D eigenvalue weighted by atomic mass is 10.1. The number of hydrogen-bond acceptors (Lipinski definition) is 2. The van der Waals surface area contributed by atoms with E-state index in [4.69, 9.17) is 5.73 Å². The summed E-state index contributed by atoms with van der Waals surface area (Å²) in [5, 5.41) is 0. The van der Waals surface area contributed by atoms with Crippen molar-refractivity contribution in [1.29, 1.82) is 0 Å². The van der Waals surface area contributed by atoms with Gasteiger partial charge in [-0.25, -0.2) is 0 Å². The van der Waals surface area contributed by atoms with Gasteiger partial charge >= 0.3 is 0 Å². The highest BCUT2D eigenvalue weighted by molar-refractivity contribution is 5.43. The molecule has 0 unspecified atom stereocenters. The van der Waals surface area contributed by atoms with Gasteiger partial charge in [0.15, 0.2) is 0 Å². The third-order valence-electron chi connectivity index (χ3n) is 3.20. The predicted octanol–water partition coefficient (Wildman–Crippen LogP) is 2.35. The van der Waals surface area contributed by atoms with Crippen molar-refractivity contribution >= 4 is 5.69 Å². The number of aryl methyl sites for hydroxylation is 2. The van der Waals surface area contributed by atoms with Crippen LogP contribution in [-0.2, 0) is 13.0 Å². The maximum absolute atomic E-state index is 12.0. The number of aromatic nitrogens is 1. The van der Waals surface area contributed by atoms with Crippen molar-refractivity contribution < 1.29 is 0 Å². The van der Waals surface area contributed by atoms with Crippen molar-refractivity contribution in [3.8, 4) is 0 Å². The highest BCUT2D eigenvalue weighted by Crippen LogP contribution is 2.08. The van der Waals surface area contributed by atoms with Crippen LogP contribution in [0.2, 0.25) is 0 Å². The van der Waals surface area contributed by atoms with E-state index in [1.807, 2.05) is 13.0 Å². The monoisotopic (exact) mass is 242 g/mol. The zero-order chi connectivity index (χ0) is 13.1. The maximum atomic E-state index is 12.0. The molecule has 0 aliphatic rings. The van der Waals surface area contributed by atoms with Crippen molar-refractivity contribution in [2.45, 2.75) is 26.8 Å². The Kier molecular flexibility index (Phi) is 3.51. The average Bonchev–Trinajstić information content (AvgIpc) is 2.40. The van der Waals surface area contributed by atoms with E-state index in [-0.39, 0.29) is 5.56 Å². The van der Waals surface area contributed by atoms with Crippen LogP contribution in [0.4, 0.5) is 5.69 Å². The predicted molar refractivity (Wildman–Crippen MR) is 74.8 cm³/mol. The summed E-state index contributed by atoms with van der Waals surface area (Å²) in [6.45, 7) is 4.53. The van der Waals surface area contributed by atoms with Gasteiger partial charge in [0, 0.05) is 6.20 Å². The Balaban J connectivity index is 2.28. The fraction of sp³-hybridized carbons (Fsp3) is 0.267. The highest BCUT2D eigenvalue weighted by Gasteiger charge is 2.03. The Hall–Kier alpha value is -2.03. The first-order valence-corrected chi connectivity index (χ1v) is 6.15. The molecular weight excluding hydrogens is 224 g/mol. The van der Waals surface area contributed by atoms with Gasteiger partial charge < -0.3 is 10.3 Å². The average molecular weight is 242 g/mol. The van der Waals surface area contributed by atoms with Crippen LogP contribution >= 0.6 is 0 Å². The molecule has 0 amide bonds. The Morgan fingerprint density at radius 3 is 2.33 bits per heavy atom. The first-order valence-electron chi connectivity index (χ1n) is 6.15. The van der Waals surface area contributed by atoms with Gasteiger partial charge in [0.25, 0.3) is 5.56 Å². The SMILES string of the molecule is CCc1ccc(Cn2ccc(C)c(N)c2=O)cc1. The van der Waals surface area contributed by atoms with Gasteiger partial charge in [0.1, 0.15) is 5.69 Å². The van der Waals surface area contributed by atoms with Gasteiger partial charge in [-0.15, -0.1) is 0 Å². The van der Waals surface area contributed by atoms with Crippen LogP contribution in [0.25, 0.3) is 0 Å². The molecule has 1 aromatic heterocycles. The molecule has 0 saturated heterocycles. The molecule has 2 N–H and O–H groups in total. The molecule has 0 aliphatic heterocycles. The standard InChI is InChI=1S/C15H18N2O/c1-3-12-4-6-13(7-5-12)10-17-9-8-11(2)14(16)15(17)18/h4-9H,3,10,16H2,1-2H3. The van der Waals surface area contributed by atoms with E-state index in [2.05, 4.69) is 31.2 Å². The first-order chi connectivity index (χ1) is 8.61. The number of pyridine rings is 1. The number of anilines is 1. The lowest BCUT2D eigenvalue weighted by molar-refractivity contribution is 0.759. The fourth-order valence-corrected chi connectivity index (χ4v) is 1.88. The summed E-state index contributed by atoms with van der Waals surface area (Å²) in [6, 6.07) is 10.2. The Morgan fingerprint density at radius 2 is 1.72 bits per heavy atom. The minimum absolute atomic E-state index is 0.116. The minimum Gasteiger partial charge on any atom is -0.394 e. The second-order valence-electron chi connectivity index (χ2n) is 4.52. The first kappa shape index (κ1) is 12.4. The zero-order valence-electron chi connectivity index (χ0n) is 10.8. The number of rotatable bonds is 3. The van der Waals surface area contributed by atoms with Crippen molar-refractivity contribution in [3.63, 3.8) is 0 Å². The second kappa shape index (κ2) is 5.08. The van der Waals surface area contributed by atoms with Gasteiger partial charge in [-0.3, -0.25) is 4.79 Å². The van der Waals surface area contributed by atoms with Crippen molar-refractivity contribution in [1.82, 2.24) is 4.57 Å². The molecule has 18 heavy (non-hydrogen) atoms. The number of hydrogen-bond donors (Lipinski definition) is 1. The zero-order valence-corrected chi connectivity index (χ0v) is 10.8. The normalized spacial score (nSPS) is 10.6. The lowest BCUT2D eigenvalue weighted by Crippen LogP contribution is -2.23. The topological polar surface area (TPSA) is 48.0 Å². The fourth-order valence-electron chi connectivity index (χ4n) is 1.88. The van der Waals surface area contributed by atoms with Crippen LogP contribution in [0.3, 0.4) is 0 Å².